The van der Waals surface area contributed by atoms with Gasteiger partial charge in [0.2, 0.25) is 0 Å². The molecule has 0 aliphatic heterocycles. The molecule has 12 aromatic carbocycles. The van der Waals surface area contributed by atoms with Gasteiger partial charge in [0.25, 0.3) is 0 Å². The van der Waals surface area contributed by atoms with E-state index in [1.165, 1.54) is 21.5 Å². The number of fused-ring (bicyclic) bond motifs is 8. The Labute approximate surface area is 356 Å². The van der Waals surface area contributed by atoms with Crippen LogP contribution in [0.5, 0.6) is 0 Å². The van der Waals surface area contributed by atoms with E-state index in [2.05, 4.69) is 119 Å². The molecule has 0 aliphatic carbocycles. The molecular formula is C58H28N4. The first-order chi connectivity index (χ1) is 30.6. The Bertz CT molecular complexity index is 4090. The van der Waals surface area contributed by atoms with Crippen molar-refractivity contribution in [1.29, 1.82) is 10.5 Å². The quantitative estimate of drug-likeness (QED) is 0.132. The molecule has 0 fully saturated rings. The summed E-state index contributed by atoms with van der Waals surface area (Å²) in [5, 5.41) is 36.5. The molecule has 12 rings (SSSR count). The zero-order valence-corrected chi connectivity index (χ0v) is 33.0. The van der Waals surface area contributed by atoms with Crippen molar-refractivity contribution in [1.82, 2.24) is 0 Å². The van der Waals surface area contributed by atoms with Crippen LogP contribution in [0, 0.1) is 35.8 Å². The molecule has 62 heavy (non-hydrogen) atoms. The zero-order chi connectivity index (χ0) is 41.6. The Balaban J connectivity index is 1.37. The van der Waals surface area contributed by atoms with Crippen molar-refractivity contribution >= 4 is 86.8 Å². The zero-order valence-electron chi connectivity index (χ0n) is 33.0. The maximum atomic E-state index is 10.7. The van der Waals surface area contributed by atoms with Gasteiger partial charge < -0.3 is 0 Å². The molecule has 0 saturated carbocycles. The highest BCUT2D eigenvalue weighted by Gasteiger charge is 2.27. The standard InChI is InChI=1S/C58H28N4/c1-61-40-28-37(42-16-7-8-23-51(42)62-2)27-39(29-40)54-56-48-22-11-19-45-43-17-5-6-18-44(43)49(55(45)48)30-50(56)53(57-46-20-9-13-34-14-10-21-47(52(34)46)58(54)57)38-25-33(31-59)24-36(26-38)41-15-4-3-12-35(41)32-60/h3-30H. The van der Waals surface area contributed by atoms with Crippen molar-refractivity contribution in [2.75, 3.05) is 0 Å². The fraction of sp³-hybridized carbons (Fsp3) is 0. The van der Waals surface area contributed by atoms with Crippen molar-refractivity contribution in [2.45, 2.75) is 0 Å². The summed E-state index contributed by atoms with van der Waals surface area (Å²) < 4.78 is 0. The lowest BCUT2D eigenvalue weighted by atomic mass is 9.82. The minimum absolute atomic E-state index is 0.484. The summed E-state index contributed by atoms with van der Waals surface area (Å²) in [5.74, 6) is 0. The van der Waals surface area contributed by atoms with Gasteiger partial charge in [-0.25, -0.2) is 9.69 Å². The second kappa shape index (κ2) is 13.2. The Hall–Kier alpha value is -9.06. The Morgan fingerprint density at radius 2 is 0.935 bits per heavy atom. The van der Waals surface area contributed by atoms with Crippen LogP contribution in [0.2, 0.25) is 0 Å². The van der Waals surface area contributed by atoms with Gasteiger partial charge in [-0.1, -0.05) is 127 Å². The van der Waals surface area contributed by atoms with Crippen molar-refractivity contribution in [3.63, 3.8) is 0 Å². The van der Waals surface area contributed by atoms with Gasteiger partial charge in [-0.3, -0.25) is 0 Å². The highest BCUT2D eigenvalue weighted by atomic mass is 14.7. The summed E-state index contributed by atoms with van der Waals surface area (Å²) in [5.41, 5.74) is 8.96. The highest BCUT2D eigenvalue weighted by Crippen LogP contribution is 2.55. The fourth-order valence-electron chi connectivity index (χ4n) is 10.4. The lowest BCUT2D eigenvalue weighted by molar-refractivity contribution is 1.46. The summed E-state index contributed by atoms with van der Waals surface area (Å²) >= 11 is 0. The van der Waals surface area contributed by atoms with Crippen molar-refractivity contribution in [3.8, 4) is 56.6 Å². The second-order valence-electron chi connectivity index (χ2n) is 15.9. The molecule has 0 aliphatic rings. The van der Waals surface area contributed by atoms with E-state index >= 15 is 0 Å². The predicted octanol–water partition coefficient (Wildman–Crippen LogP) is 16.1. The second-order valence-corrected chi connectivity index (χ2v) is 15.9. The van der Waals surface area contributed by atoms with E-state index in [4.69, 9.17) is 13.1 Å². The molecule has 4 heteroatoms. The Morgan fingerprint density at radius 3 is 1.66 bits per heavy atom. The first-order valence-electron chi connectivity index (χ1n) is 20.3. The monoisotopic (exact) mass is 780 g/mol. The first-order valence-corrected chi connectivity index (χ1v) is 20.3. The number of nitrogens with zero attached hydrogens (tertiary/aromatic N) is 4. The van der Waals surface area contributed by atoms with Gasteiger partial charge in [-0.05, 0) is 162 Å². The normalized spacial score (nSPS) is 11.5. The van der Waals surface area contributed by atoms with Gasteiger partial charge in [-0.2, -0.15) is 10.5 Å². The number of nitriles is 2. The maximum Gasteiger partial charge on any atom is 0.194 e. The average molecular weight is 781 g/mol. The molecule has 4 nitrogen and oxygen atoms in total. The van der Waals surface area contributed by atoms with Crippen LogP contribution in [0.1, 0.15) is 11.1 Å². The minimum Gasteiger partial charge on any atom is -0.238 e. The fourth-order valence-corrected chi connectivity index (χ4v) is 10.4. The van der Waals surface area contributed by atoms with Gasteiger partial charge >= 0.3 is 0 Å². The Kier molecular flexibility index (Phi) is 7.45. The molecule has 0 bridgehead atoms. The number of rotatable bonds is 4. The van der Waals surface area contributed by atoms with Crippen LogP contribution in [0.15, 0.2) is 170 Å². The van der Waals surface area contributed by atoms with Crippen LogP contribution >= 0.6 is 0 Å². The molecular weight excluding hydrogens is 753 g/mol. The van der Waals surface area contributed by atoms with Gasteiger partial charge in [-0.15, -0.1) is 0 Å². The van der Waals surface area contributed by atoms with Gasteiger partial charge in [0.05, 0.1) is 36.4 Å². The summed E-state index contributed by atoms with van der Waals surface area (Å²) in [7, 11) is 0. The summed E-state index contributed by atoms with van der Waals surface area (Å²) in [6.07, 6.45) is 0. The Morgan fingerprint density at radius 1 is 0.371 bits per heavy atom. The third kappa shape index (κ3) is 4.84. The van der Waals surface area contributed by atoms with Crippen LogP contribution in [0.4, 0.5) is 11.4 Å². The number of hydrogen-bond donors (Lipinski definition) is 0. The first kappa shape index (κ1) is 34.9. The van der Waals surface area contributed by atoms with Crippen molar-refractivity contribution < 1.29 is 0 Å². The number of benzene rings is 10. The lowest BCUT2D eigenvalue weighted by Crippen LogP contribution is -1.93. The van der Waals surface area contributed by atoms with Gasteiger partial charge in [0.15, 0.2) is 11.4 Å². The molecule has 0 N–H and O–H groups in total. The summed E-state index contributed by atoms with van der Waals surface area (Å²) in [4.78, 5) is 7.92. The highest BCUT2D eigenvalue weighted by molar-refractivity contribution is 6.44. The SMILES string of the molecule is [C-]#[N+]c1cc(-c2ccccc2[N+]#[C-])cc(-c2c3c(cc4c5ccccc5c5cccc3c54)c(-c3cc(C#N)cc(-c4ccccc4C#N)c3)c3c4cccc5cccc(c23)c54)c1. The van der Waals surface area contributed by atoms with E-state index in [1.54, 1.807) is 0 Å². The molecule has 0 heterocycles. The number of para-hydroxylation sites is 1. The molecule has 0 amide bonds. The topological polar surface area (TPSA) is 56.3 Å². The molecule has 0 spiro atoms. The van der Waals surface area contributed by atoms with E-state index in [-0.39, 0.29) is 0 Å². The van der Waals surface area contributed by atoms with Crippen LogP contribution in [-0.2, 0) is 0 Å². The number of hydrogen-bond acceptors (Lipinski definition) is 2. The van der Waals surface area contributed by atoms with Crippen LogP contribution < -0.4 is 0 Å². The van der Waals surface area contributed by atoms with Crippen LogP contribution in [0.25, 0.3) is 130 Å². The minimum atomic E-state index is 0.484. The van der Waals surface area contributed by atoms with Crippen molar-refractivity contribution in [3.05, 3.63) is 204 Å². The molecule has 0 unspecified atom stereocenters. The average Bonchev–Trinajstić information content (AvgIpc) is 3.84. The maximum absolute atomic E-state index is 10.7. The summed E-state index contributed by atoms with van der Waals surface area (Å²) in [6.45, 7) is 16.4. The van der Waals surface area contributed by atoms with Gasteiger partial charge in [0, 0.05) is 0 Å². The largest absolute Gasteiger partial charge is 0.238 e. The molecule has 0 atom stereocenters. The van der Waals surface area contributed by atoms with E-state index < -0.39 is 0 Å². The lowest BCUT2D eigenvalue weighted by Gasteiger charge is -2.20. The smallest absolute Gasteiger partial charge is 0.194 e. The van der Waals surface area contributed by atoms with E-state index in [0.717, 1.165) is 98.4 Å². The van der Waals surface area contributed by atoms with Gasteiger partial charge in [0.1, 0.15) is 0 Å². The molecule has 0 aromatic heterocycles. The predicted molar refractivity (Wildman–Crippen MR) is 255 cm³/mol. The third-order valence-corrected chi connectivity index (χ3v) is 12.8. The van der Waals surface area contributed by atoms with E-state index in [9.17, 15) is 10.5 Å². The summed E-state index contributed by atoms with van der Waals surface area (Å²) in [6, 6.07) is 62.6. The van der Waals surface area contributed by atoms with E-state index in [0.29, 0.717) is 22.5 Å². The molecule has 0 saturated heterocycles. The molecule has 280 valence electrons. The van der Waals surface area contributed by atoms with Crippen LogP contribution in [-0.4, -0.2) is 0 Å². The van der Waals surface area contributed by atoms with E-state index in [1.807, 2.05) is 72.8 Å². The van der Waals surface area contributed by atoms with Crippen LogP contribution in [0.3, 0.4) is 0 Å². The van der Waals surface area contributed by atoms with Crippen molar-refractivity contribution in [2.24, 2.45) is 0 Å². The molecule has 0 radical (unpaired) electrons. The third-order valence-electron chi connectivity index (χ3n) is 12.8. The molecule has 12 aromatic rings.